The normalized spacial score (nSPS) is 13.3. The van der Waals surface area contributed by atoms with Crippen molar-refractivity contribution in [1.29, 1.82) is 0 Å². The lowest BCUT2D eigenvalue weighted by Crippen LogP contribution is -2.24. The Kier molecular flexibility index (Phi) is 8.07. The third-order valence-corrected chi connectivity index (χ3v) is 7.42. The molecule has 1 rings (SSSR count). The van der Waals surface area contributed by atoms with Gasteiger partial charge in [0.05, 0.1) is 0 Å². The molecule has 0 saturated carbocycles. The molecule has 0 nitrogen and oxygen atoms in total. The van der Waals surface area contributed by atoms with Crippen molar-refractivity contribution in [2.75, 3.05) is 11.5 Å². The van der Waals surface area contributed by atoms with Crippen molar-refractivity contribution in [3.63, 3.8) is 0 Å². The monoisotopic (exact) mass is 352 g/mol. The summed E-state index contributed by atoms with van der Waals surface area (Å²) in [6, 6.07) is 10.8. The predicted molar refractivity (Wildman–Crippen MR) is 112 cm³/mol. The summed E-state index contributed by atoms with van der Waals surface area (Å²) < 4.78 is 0.384. The van der Waals surface area contributed by atoms with E-state index >= 15 is 0 Å². The number of hydrogen-bond donors (Lipinski definition) is 0. The van der Waals surface area contributed by atoms with Crippen molar-refractivity contribution in [3.8, 4) is 0 Å². The Morgan fingerprint density at radius 1 is 0.783 bits per heavy atom. The van der Waals surface area contributed by atoms with E-state index in [1.54, 1.807) is 0 Å². The van der Waals surface area contributed by atoms with E-state index in [2.05, 4.69) is 102 Å². The molecule has 0 saturated heterocycles. The Labute approximate surface area is 153 Å². The summed E-state index contributed by atoms with van der Waals surface area (Å²) in [5.41, 5.74) is 2.27. The van der Waals surface area contributed by atoms with Gasteiger partial charge in [0.2, 0.25) is 0 Å². The fourth-order valence-electron chi connectivity index (χ4n) is 2.22. The van der Waals surface area contributed by atoms with Gasteiger partial charge in [-0.05, 0) is 40.7 Å². The van der Waals surface area contributed by atoms with E-state index in [0.717, 1.165) is 5.75 Å². The Morgan fingerprint density at radius 2 is 1.39 bits per heavy atom. The van der Waals surface area contributed by atoms with Crippen LogP contribution in [0.1, 0.15) is 66.9 Å². The minimum Gasteiger partial charge on any atom is -0.157 e. The molecule has 132 valence electrons. The molecule has 0 atom stereocenters. The Balaban J connectivity index is 2.33. The zero-order chi connectivity index (χ0) is 17.6. The van der Waals surface area contributed by atoms with Gasteiger partial charge in [-0.25, -0.2) is 0 Å². The highest BCUT2D eigenvalue weighted by Crippen LogP contribution is 2.38. The lowest BCUT2D eigenvalue weighted by Gasteiger charge is -2.32. The van der Waals surface area contributed by atoms with Crippen LogP contribution >= 0.6 is 23.5 Å². The van der Waals surface area contributed by atoms with Crippen LogP contribution in [0.3, 0.4) is 0 Å². The van der Waals surface area contributed by atoms with E-state index < -0.39 is 0 Å². The Morgan fingerprint density at radius 3 is 1.96 bits per heavy atom. The van der Waals surface area contributed by atoms with Crippen molar-refractivity contribution in [2.45, 2.75) is 71.8 Å². The second-order valence-electron chi connectivity index (χ2n) is 9.25. The highest BCUT2D eigenvalue weighted by molar-refractivity contribution is 8.00. The summed E-state index contributed by atoms with van der Waals surface area (Å²) in [7, 11) is 0. The number of rotatable bonds is 9. The second kappa shape index (κ2) is 8.85. The lowest BCUT2D eigenvalue weighted by atomic mass is 9.87. The van der Waals surface area contributed by atoms with E-state index in [1.165, 1.54) is 29.9 Å². The molecule has 0 aromatic heterocycles. The number of thioether (sulfide) groups is 2. The molecule has 0 bridgehead atoms. The van der Waals surface area contributed by atoms with Crippen LogP contribution in [0.2, 0.25) is 0 Å². The first-order valence-corrected chi connectivity index (χ1v) is 10.9. The van der Waals surface area contributed by atoms with Crippen LogP contribution in [0.25, 0.3) is 0 Å². The van der Waals surface area contributed by atoms with E-state index in [4.69, 9.17) is 0 Å². The van der Waals surface area contributed by atoms with Gasteiger partial charge in [0.1, 0.15) is 0 Å². The number of benzene rings is 1. The van der Waals surface area contributed by atoms with Crippen LogP contribution < -0.4 is 0 Å². The molecule has 0 heterocycles. The van der Waals surface area contributed by atoms with Crippen LogP contribution in [0.5, 0.6) is 0 Å². The van der Waals surface area contributed by atoms with E-state index in [0.29, 0.717) is 15.6 Å². The SMILES string of the molecule is CC(C)(C)CSC(C)(C)CCC(C)(C)CSCc1ccccc1. The third kappa shape index (κ3) is 10.4. The maximum atomic E-state index is 2.43. The molecule has 0 N–H and O–H groups in total. The Bertz CT molecular complexity index is 441. The zero-order valence-electron chi connectivity index (χ0n) is 16.2. The minimum atomic E-state index is 0.384. The molecular formula is C21H36S2. The molecule has 23 heavy (non-hydrogen) atoms. The van der Waals surface area contributed by atoms with Gasteiger partial charge in [-0.2, -0.15) is 23.5 Å². The van der Waals surface area contributed by atoms with Gasteiger partial charge in [-0.15, -0.1) is 0 Å². The van der Waals surface area contributed by atoms with Gasteiger partial charge in [-0.3, -0.25) is 0 Å². The standard InChI is InChI=1S/C21H36S2/c1-19(2,3)16-23-21(6,7)14-13-20(4,5)17-22-15-18-11-9-8-10-12-18/h8-12H,13-17H2,1-7H3. The highest BCUT2D eigenvalue weighted by atomic mass is 32.2. The maximum absolute atomic E-state index is 2.43. The first-order chi connectivity index (χ1) is 10.5. The van der Waals surface area contributed by atoms with Crippen LogP contribution in [-0.4, -0.2) is 16.3 Å². The molecule has 1 aromatic carbocycles. The number of hydrogen-bond acceptors (Lipinski definition) is 2. The lowest BCUT2D eigenvalue weighted by molar-refractivity contribution is 0.355. The molecule has 0 radical (unpaired) electrons. The van der Waals surface area contributed by atoms with Crippen LogP contribution in [0.4, 0.5) is 0 Å². The largest absolute Gasteiger partial charge is 0.157 e. The van der Waals surface area contributed by atoms with Crippen molar-refractivity contribution < 1.29 is 0 Å². The van der Waals surface area contributed by atoms with Gasteiger partial charge in [0.15, 0.2) is 0 Å². The molecule has 2 heteroatoms. The van der Waals surface area contributed by atoms with Crippen molar-refractivity contribution >= 4 is 23.5 Å². The molecule has 0 aliphatic carbocycles. The van der Waals surface area contributed by atoms with Gasteiger partial charge in [-0.1, -0.05) is 78.8 Å². The van der Waals surface area contributed by atoms with Gasteiger partial charge < -0.3 is 0 Å². The average Bonchev–Trinajstić information content (AvgIpc) is 2.44. The Hall–Kier alpha value is -0.0800. The second-order valence-corrected chi connectivity index (χ2v) is 11.9. The molecule has 1 aromatic rings. The van der Waals surface area contributed by atoms with Crippen LogP contribution in [0, 0.1) is 10.8 Å². The van der Waals surface area contributed by atoms with E-state index in [-0.39, 0.29) is 0 Å². The molecular weight excluding hydrogens is 316 g/mol. The molecule has 0 spiro atoms. The molecule has 0 amide bonds. The molecule has 0 aliphatic rings. The highest BCUT2D eigenvalue weighted by Gasteiger charge is 2.26. The average molecular weight is 353 g/mol. The molecule has 0 fully saturated rings. The topological polar surface area (TPSA) is 0 Å². The maximum Gasteiger partial charge on any atom is 0.0184 e. The van der Waals surface area contributed by atoms with Crippen molar-refractivity contribution in [3.05, 3.63) is 35.9 Å². The summed E-state index contributed by atoms with van der Waals surface area (Å²) >= 11 is 4.21. The zero-order valence-corrected chi connectivity index (χ0v) is 17.9. The minimum absolute atomic E-state index is 0.384. The summed E-state index contributed by atoms with van der Waals surface area (Å²) in [6.45, 7) is 16.7. The van der Waals surface area contributed by atoms with Gasteiger partial charge >= 0.3 is 0 Å². The fraction of sp³-hybridized carbons (Fsp3) is 0.714. The smallest absolute Gasteiger partial charge is 0.0184 e. The summed E-state index contributed by atoms with van der Waals surface area (Å²) in [6.07, 6.45) is 2.60. The summed E-state index contributed by atoms with van der Waals surface area (Å²) in [4.78, 5) is 0. The van der Waals surface area contributed by atoms with Crippen LogP contribution in [0.15, 0.2) is 30.3 Å². The van der Waals surface area contributed by atoms with E-state index in [1.807, 2.05) is 0 Å². The quantitative estimate of drug-likeness (QED) is 0.458. The first kappa shape index (κ1) is 21.0. The van der Waals surface area contributed by atoms with Crippen molar-refractivity contribution in [1.82, 2.24) is 0 Å². The van der Waals surface area contributed by atoms with Crippen molar-refractivity contribution in [2.24, 2.45) is 10.8 Å². The fourth-order valence-corrected chi connectivity index (χ4v) is 4.51. The molecule has 0 unspecified atom stereocenters. The molecule has 0 aliphatic heterocycles. The third-order valence-electron chi connectivity index (χ3n) is 3.90. The van der Waals surface area contributed by atoms with Gasteiger partial charge in [0, 0.05) is 10.5 Å². The van der Waals surface area contributed by atoms with E-state index in [9.17, 15) is 0 Å². The predicted octanol–water partition coefficient (Wildman–Crippen LogP) is 7.28. The van der Waals surface area contributed by atoms with Gasteiger partial charge in [0.25, 0.3) is 0 Å². The first-order valence-electron chi connectivity index (χ1n) is 8.75. The summed E-state index contributed by atoms with van der Waals surface area (Å²) in [5, 5.41) is 0. The summed E-state index contributed by atoms with van der Waals surface area (Å²) in [5.74, 6) is 3.61. The van der Waals surface area contributed by atoms with Crippen LogP contribution in [-0.2, 0) is 5.75 Å².